The first-order chi connectivity index (χ1) is 12.8. The fourth-order valence-corrected chi connectivity index (χ4v) is 4.19. The number of furan rings is 1. The molecule has 1 amide bonds. The standard InChI is InChI=1S/C19H20F3N3O2/c1-11-5-8-15(27-11)18(26)23-14-7-6-12-9-25(10-13(12)14)17-4-2-3-16(24-17)19(20,21)22/h2-5,8,12-14H,6-7,9-10H2,1H3,(H,23,26)/t12-,13+,14+/m1/s1. The lowest BCUT2D eigenvalue weighted by Gasteiger charge is -2.22. The number of halogens is 3. The molecule has 2 aromatic rings. The molecule has 1 aliphatic heterocycles. The maximum atomic E-state index is 12.9. The highest BCUT2D eigenvalue weighted by Gasteiger charge is 2.44. The Bertz CT molecular complexity index is 849. The number of fused-ring (bicyclic) bond motifs is 1. The number of nitrogens with one attached hydrogen (secondary N) is 1. The Labute approximate surface area is 154 Å². The van der Waals surface area contributed by atoms with Crippen molar-refractivity contribution >= 4 is 11.7 Å². The molecule has 0 aromatic carbocycles. The summed E-state index contributed by atoms with van der Waals surface area (Å²) in [5, 5.41) is 3.03. The van der Waals surface area contributed by atoms with Crippen molar-refractivity contribution in [3.63, 3.8) is 0 Å². The minimum atomic E-state index is -4.46. The van der Waals surface area contributed by atoms with E-state index < -0.39 is 11.9 Å². The predicted molar refractivity (Wildman–Crippen MR) is 92.4 cm³/mol. The van der Waals surface area contributed by atoms with Crippen LogP contribution in [0.5, 0.6) is 0 Å². The van der Waals surface area contributed by atoms with Gasteiger partial charge in [-0.15, -0.1) is 0 Å². The molecule has 4 rings (SSSR count). The molecule has 2 fully saturated rings. The van der Waals surface area contributed by atoms with E-state index in [0.717, 1.165) is 18.9 Å². The molecule has 1 N–H and O–H groups in total. The Balaban J connectivity index is 1.45. The minimum absolute atomic E-state index is 0.0105. The molecule has 3 atom stereocenters. The fraction of sp³-hybridized carbons (Fsp3) is 0.474. The zero-order valence-corrected chi connectivity index (χ0v) is 14.8. The quantitative estimate of drug-likeness (QED) is 0.885. The molecule has 0 spiro atoms. The highest BCUT2D eigenvalue weighted by molar-refractivity contribution is 5.91. The molecule has 2 aliphatic rings. The summed E-state index contributed by atoms with van der Waals surface area (Å²) in [7, 11) is 0. The summed E-state index contributed by atoms with van der Waals surface area (Å²) in [4.78, 5) is 18.0. The van der Waals surface area contributed by atoms with Crippen LogP contribution in [0.25, 0.3) is 0 Å². The zero-order valence-electron chi connectivity index (χ0n) is 14.8. The number of pyridine rings is 1. The van der Waals surface area contributed by atoms with Gasteiger partial charge in [0.1, 0.15) is 17.3 Å². The number of carbonyl (C=O) groups is 1. The molecule has 27 heavy (non-hydrogen) atoms. The number of anilines is 1. The topological polar surface area (TPSA) is 58.4 Å². The number of nitrogens with zero attached hydrogens (tertiary/aromatic N) is 2. The molecule has 144 valence electrons. The fourth-order valence-electron chi connectivity index (χ4n) is 4.19. The molecule has 0 unspecified atom stereocenters. The predicted octanol–water partition coefficient (Wildman–Crippen LogP) is 3.65. The van der Waals surface area contributed by atoms with Crippen LogP contribution in [0.15, 0.2) is 34.7 Å². The maximum absolute atomic E-state index is 12.9. The van der Waals surface area contributed by atoms with Crippen molar-refractivity contribution in [2.45, 2.75) is 32.0 Å². The van der Waals surface area contributed by atoms with Crippen LogP contribution in [-0.2, 0) is 6.18 Å². The SMILES string of the molecule is Cc1ccc(C(=O)N[C@H]2CC[C@@H]3CN(c4cccc(C(F)(F)F)n4)C[C@@H]32)o1. The Morgan fingerprint density at radius 1 is 1.22 bits per heavy atom. The zero-order chi connectivity index (χ0) is 19.2. The van der Waals surface area contributed by atoms with Crippen molar-refractivity contribution in [2.75, 3.05) is 18.0 Å². The molecule has 1 aliphatic carbocycles. The summed E-state index contributed by atoms with van der Waals surface area (Å²) in [6.45, 7) is 3.02. The van der Waals surface area contributed by atoms with Crippen LogP contribution < -0.4 is 10.2 Å². The van der Waals surface area contributed by atoms with Crippen molar-refractivity contribution in [2.24, 2.45) is 11.8 Å². The Morgan fingerprint density at radius 3 is 2.74 bits per heavy atom. The van der Waals surface area contributed by atoms with E-state index in [4.69, 9.17) is 4.42 Å². The lowest BCUT2D eigenvalue weighted by molar-refractivity contribution is -0.141. The van der Waals surface area contributed by atoms with Crippen LogP contribution in [0.3, 0.4) is 0 Å². The van der Waals surface area contributed by atoms with Crippen molar-refractivity contribution in [3.8, 4) is 0 Å². The van der Waals surface area contributed by atoms with Gasteiger partial charge in [-0.2, -0.15) is 13.2 Å². The van der Waals surface area contributed by atoms with Crippen LogP contribution in [0.4, 0.5) is 19.0 Å². The lowest BCUT2D eigenvalue weighted by Crippen LogP contribution is -2.39. The summed E-state index contributed by atoms with van der Waals surface area (Å²) < 4.78 is 44.1. The Morgan fingerprint density at radius 2 is 2.04 bits per heavy atom. The van der Waals surface area contributed by atoms with E-state index in [0.29, 0.717) is 30.6 Å². The van der Waals surface area contributed by atoms with Gasteiger partial charge in [0.2, 0.25) is 0 Å². The number of carbonyl (C=O) groups excluding carboxylic acids is 1. The molecule has 0 bridgehead atoms. The molecule has 5 nitrogen and oxygen atoms in total. The highest BCUT2D eigenvalue weighted by Crippen LogP contribution is 2.40. The third-order valence-electron chi connectivity index (χ3n) is 5.49. The van der Waals surface area contributed by atoms with Gasteiger partial charge in [0, 0.05) is 25.0 Å². The second-order valence-corrected chi connectivity index (χ2v) is 7.28. The monoisotopic (exact) mass is 379 g/mol. The smallest absolute Gasteiger partial charge is 0.433 e. The number of amides is 1. The van der Waals surface area contributed by atoms with Gasteiger partial charge in [-0.1, -0.05) is 6.07 Å². The van der Waals surface area contributed by atoms with E-state index in [2.05, 4.69) is 10.3 Å². The van der Waals surface area contributed by atoms with Crippen LogP contribution in [0.1, 0.15) is 34.9 Å². The normalized spacial score (nSPS) is 24.9. The van der Waals surface area contributed by atoms with Gasteiger partial charge in [0.25, 0.3) is 5.91 Å². The first-order valence-corrected chi connectivity index (χ1v) is 8.98. The molecule has 8 heteroatoms. The van der Waals surface area contributed by atoms with Gasteiger partial charge in [-0.3, -0.25) is 4.79 Å². The third-order valence-corrected chi connectivity index (χ3v) is 5.49. The number of aromatic nitrogens is 1. The second-order valence-electron chi connectivity index (χ2n) is 7.28. The molecule has 3 heterocycles. The van der Waals surface area contributed by atoms with E-state index >= 15 is 0 Å². The van der Waals surface area contributed by atoms with E-state index in [-0.39, 0.29) is 23.6 Å². The number of aryl methyl sites for hydroxylation is 1. The van der Waals surface area contributed by atoms with Crippen molar-refractivity contribution in [3.05, 3.63) is 47.5 Å². The van der Waals surface area contributed by atoms with Gasteiger partial charge in [-0.25, -0.2) is 4.98 Å². The van der Waals surface area contributed by atoms with E-state index in [1.807, 2.05) is 4.90 Å². The minimum Gasteiger partial charge on any atom is -0.456 e. The van der Waals surface area contributed by atoms with E-state index in [1.54, 1.807) is 25.1 Å². The van der Waals surface area contributed by atoms with Gasteiger partial charge >= 0.3 is 6.18 Å². The Hall–Kier alpha value is -2.51. The second kappa shape index (κ2) is 6.58. The third kappa shape index (κ3) is 3.52. The Kier molecular flexibility index (Phi) is 4.36. The van der Waals surface area contributed by atoms with Crippen molar-refractivity contribution in [1.82, 2.24) is 10.3 Å². The maximum Gasteiger partial charge on any atom is 0.433 e. The van der Waals surface area contributed by atoms with Gasteiger partial charge in [0.15, 0.2) is 5.76 Å². The van der Waals surface area contributed by atoms with Gasteiger partial charge < -0.3 is 14.6 Å². The van der Waals surface area contributed by atoms with Crippen LogP contribution in [0.2, 0.25) is 0 Å². The summed E-state index contributed by atoms with van der Waals surface area (Å²) in [6, 6.07) is 7.35. The number of hydrogen-bond acceptors (Lipinski definition) is 4. The number of alkyl halides is 3. The summed E-state index contributed by atoms with van der Waals surface area (Å²) >= 11 is 0. The van der Waals surface area contributed by atoms with E-state index in [1.165, 1.54) is 6.07 Å². The van der Waals surface area contributed by atoms with Gasteiger partial charge in [-0.05, 0) is 49.9 Å². The van der Waals surface area contributed by atoms with Gasteiger partial charge in [0.05, 0.1) is 0 Å². The van der Waals surface area contributed by atoms with Crippen molar-refractivity contribution in [1.29, 1.82) is 0 Å². The summed E-state index contributed by atoms with van der Waals surface area (Å²) in [6.07, 6.45) is -2.66. The summed E-state index contributed by atoms with van der Waals surface area (Å²) in [5.41, 5.74) is -0.880. The summed E-state index contributed by atoms with van der Waals surface area (Å²) in [5.74, 6) is 1.58. The molecular weight excluding hydrogens is 359 g/mol. The van der Waals surface area contributed by atoms with Crippen LogP contribution in [0, 0.1) is 18.8 Å². The molecular formula is C19H20F3N3O2. The average molecular weight is 379 g/mol. The van der Waals surface area contributed by atoms with Crippen molar-refractivity contribution < 1.29 is 22.4 Å². The molecule has 0 radical (unpaired) electrons. The highest BCUT2D eigenvalue weighted by atomic mass is 19.4. The number of hydrogen-bond donors (Lipinski definition) is 1. The molecule has 2 aromatic heterocycles. The van der Waals surface area contributed by atoms with Crippen LogP contribution >= 0.6 is 0 Å². The number of rotatable bonds is 3. The lowest BCUT2D eigenvalue weighted by atomic mass is 9.98. The van der Waals surface area contributed by atoms with Crippen LogP contribution in [-0.4, -0.2) is 30.0 Å². The van der Waals surface area contributed by atoms with E-state index in [9.17, 15) is 18.0 Å². The molecule has 1 saturated carbocycles. The first-order valence-electron chi connectivity index (χ1n) is 8.98. The average Bonchev–Trinajstić information content (AvgIpc) is 3.31. The molecule has 1 saturated heterocycles. The largest absolute Gasteiger partial charge is 0.456 e. The first kappa shape index (κ1) is 17.9.